The molecule has 2 fully saturated rings. The minimum absolute atomic E-state index is 0.0692. The van der Waals surface area contributed by atoms with Gasteiger partial charge in [-0.2, -0.15) is 5.26 Å². The maximum Gasteiger partial charge on any atom is 0.314 e. The second-order valence-corrected chi connectivity index (χ2v) is 15.5. The zero-order valence-electron chi connectivity index (χ0n) is 31.8. The fraction of sp³-hybridized carbons (Fsp3) is 0.318. The van der Waals surface area contributed by atoms with Crippen molar-refractivity contribution in [2.45, 2.75) is 57.8 Å². The average Bonchev–Trinajstić information content (AvgIpc) is 3.70. The first-order valence-electron chi connectivity index (χ1n) is 19.4. The molecule has 2 N–H and O–H groups in total. The maximum absolute atomic E-state index is 13.5. The molecule has 0 atom stereocenters. The highest BCUT2D eigenvalue weighted by atomic mass is 32.1. The van der Waals surface area contributed by atoms with Crippen molar-refractivity contribution in [3.63, 3.8) is 0 Å². The molecule has 7 rings (SSSR count). The van der Waals surface area contributed by atoms with Crippen molar-refractivity contribution in [2.75, 3.05) is 6.61 Å². The SMILES string of the molecule is N#Cc1ccc(/N=N/c2nc3c(OC(=O)C4CCC(C(=O)Oc5ccc(O)cc5)CC4)ccc(CCOC(=O)C4CCC(C(=O)Oc5ccc(O)cc5)CC4)c3s2)cc1. The zero-order chi connectivity index (χ0) is 41.3. The molecular formula is C44H40N4O10S. The van der Waals surface area contributed by atoms with Crippen molar-refractivity contribution in [1.82, 2.24) is 4.98 Å². The number of thiazole rings is 1. The highest BCUT2D eigenvalue weighted by molar-refractivity contribution is 7.22. The molecule has 0 bridgehead atoms. The van der Waals surface area contributed by atoms with Crippen LogP contribution in [-0.4, -0.2) is 45.7 Å². The number of azo groups is 1. The molecule has 0 aliphatic heterocycles. The summed E-state index contributed by atoms with van der Waals surface area (Å²) in [7, 11) is 0. The second-order valence-electron chi connectivity index (χ2n) is 14.5. The van der Waals surface area contributed by atoms with E-state index in [0.717, 1.165) is 5.56 Å². The minimum Gasteiger partial charge on any atom is -0.508 e. The van der Waals surface area contributed by atoms with Gasteiger partial charge in [-0.25, -0.2) is 4.98 Å². The molecule has 302 valence electrons. The van der Waals surface area contributed by atoms with Gasteiger partial charge in [0.25, 0.3) is 0 Å². The highest BCUT2D eigenvalue weighted by Crippen LogP contribution is 2.39. The number of rotatable bonds is 12. The molecule has 0 amide bonds. The molecule has 59 heavy (non-hydrogen) atoms. The Morgan fingerprint density at radius 3 is 1.64 bits per heavy atom. The third-order valence-corrected chi connectivity index (χ3v) is 11.6. The van der Waals surface area contributed by atoms with Crippen LogP contribution < -0.4 is 14.2 Å². The Morgan fingerprint density at radius 2 is 1.14 bits per heavy atom. The smallest absolute Gasteiger partial charge is 0.314 e. The number of nitrogens with zero attached hydrogens (tertiary/aromatic N) is 4. The van der Waals surface area contributed by atoms with Crippen molar-refractivity contribution in [1.29, 1.82) is 5.26 Å². The fourth-order valence-corrected chi connectivity index (χ4v) is 8.12. The van der Waals surface area contributed by atoms with Gasteiger partial charge >= 0.3 is 23.9 Å². The van der Waals surface area contributed by atoms with E-state index in [0.29, 0.717) is 95.9 Å². The van der Waals surface area contributed by atoms with Gasteiger partial charge in [-0.1, -0.05) is 17.4 Å². The number of phenols is 2. The molecule has 15 heteroatoms. The third-order valence-electron chi connectivity index (χ3n) is 10.5. The molecule has 2 saturated carbocycles. The van der Waals surface area contributed by atoms with Gasteiger partial charge in [0.2, 0.25) is 5.13 Å². The monoisotopic (exact) mass is 816 g/mol. The number of hydrogen-bond acceptors (Lipinski definition) is 15. The first-order valence-corrected chi connectivity index (χ1v) is 20.2. The molecule has 14 nitrogen and oxygen atoms in total. The van der Waals surface area contributed by atoms with E-state index < -0.39 is 11.9 Å². The van der Waals surface area contributed by atoms with E-state index in [1.165, 1.54) is 59.9 Å². The minimum atomic E-state index is -0.435. The van der Waals surface area contributed by atoms with Crippen molar-refractivity contribution >= 4 is 56.2 Å². The van der Waals surface area contributed by atoms with Crippen molar-refractivity contribution < 1.29 is 48.3 Å². The van der Waals surface area contributed by atoms with E-state index in [1.54, 1.807) is 36.4 Å². The Bertz CT molecular complexity index is 2370. The van der Waals surface area contributed by atoms with Crippen molar-refractivity contribution in [2.24, 2.45) is 33.9 Å². The average molecular weight is 817 g/mol. The molecule has 1 aromatic heterocycles. The number of esters is 4. The lowest BCUT2D eigenvalue weighted by atomic mass is 9.82. The molecule has 2 aliphatic rings. The second kappa shape index (κ2) is 18.7. The highest BCUT2D eigenvalue weighted by Gasteiger charge is 2.34. The molecule has 0 radical (unpaired) electrons. The number of nitriles is 1. The Kier molecular flexibility index (Phi) is 12.9. The normalized spacial score (nSPS) is 19.1. The van der Waals surface area contributed by atoms with Crippen LogP contribution >= 0.6 is 11.3 Å². The van der Waals surface area contributed by atoms with Crippen LogP contribution in [0.3, 0.4) is 0 Å². The van der Waals surface area contributed by atoms with Crippen molar-refractivity contribution in [3.8, 4) is 34.8 Å². The Balaban J connectivity index is 0.971. The van der Waals surface area contributed by atoms with Crippen LogP contribution in [0.2, 0.25) is 0 Å². The predicted molar refractivity (Wildman–Crippen MR) is 214 cm³/mol. The van der Waals surface area contributed by atoms with E-state index >= 15 is 0 Å². The van der Waals surface area contributed by atoms with Gasteiger partial charge in [0, 0.05) is 6.42 Å². The number of fused-ring (bicyclic) bond motifs is 1. The number of ether oxygens (including phenoxy) is 4. The zero-order valence-corrected chi connectivity index (χ0v) is 32.6. The van der Waals surface area contributed by atoms with E-state index in [9.17, 15) is 29.4 Å². The number of phenolic OH excluding ortho intramolecular Hbond substituents is 2. The summed E-state index contributed by atoms with van der Waals surface area (Å²) in [6.45, 7) is 0.0916. The first kappa shape index (κ1) is 40.5. The number of carbonyl (C=O) groups is 4. The summed E-state index contributed by atoms with van der Waals surface area (Å²) in [5.74, 6) is -1.91. The summed E-state index contributed by atoms with van der Waals surface area (Å²) in [4.78, 5) is 56.7. The summed E-state index contributed by atoms with van der Waals surface area (Å²) in [5.41, 5.74) is 2.22. The fourth-order valence-electron chi connectivity index (χ4n) is 7.18. The molecule has 0 unspecified atom stereocenters. The van der Waals surface area contributed by atoms with Gasteiger partial charge in [-0.15, -0.1) is 10.2 Å². The third kappa shape index (κ3) is 10.5. The Labute approximate surface area is 343 Å². The largest absolute Gasteiger partial charge is 0.508 e. The molecular weight excluding hydrogens is 777 g/mol. The van der Waals surface area contributed by atoms with E-state index in [-0.39, 0.29) is 59.5 Å². The van der Waals surface area contributed by atoms with E-state index in [4.69, 9.17) is 24.2 Å². The summed E-state index contributed by atoms with van der Waals surface area (Å²) in [6, 6.07) is 24.0. The number of aromatic hydroxyl groups is 2. The summed E-state index contributed by atoms with van der Waals surface area (Å²) >= 11 is 1.25. The van der Waals surface area contributed by atoms with Gasteiger partial charge in [0.05, 0.1) is 52.3 Å². The number of benzene rings is 4. The van der Waals surface area contributed by atoms with Crippen LogP contribution in [0.4, 0.5) is 10.8 Å². The summed E-state index contributed by atoms with van der Waals surface area (Å²) < 4.78 is 23.3. The molecule has 0 saturated heterocycles. The number of carbonyl (C=O) groups excluding carboxylic acids is 4. The summed E-state index contributed by atoms with van der Waals surface area (Å²) in [6.07, 6.45) is 4.11. The number of aromatic nitrogens is 1. The molecule has 1 heterocycles. The van der Waals surface area contributed by atoms with E-state index in [2.05, 4.69) is 21.3 Å². The van der Waals surface area contributed by atoms with E-state index in [1.807, 2.05) is 0 Å². The van der Waals surface area contributed by atoms with Gasteiger partial charge < -0.3 is 29.2 Å². The van der Waals surface area contributed by atoms with Crippen LogP contribution in [0.1, 0.15) is 62.5 Å². The maximum atomic E-state index is 13.5. The van der Waals surface area contributed by atoms with Crippen LogP contribution in [0.5, 0.6) is 28.7 Å². The quantitative estimate of drug-likeness (QED) is 0.0688. The lowest BCUT2D eigenvalue weighted by molar-refractivity contribution is -0.152. The molecule has 0 spiro atoms. The topological polar surface area (TPSA) is 207 Å². The van der Waals surface area contributed by atoms with Crippen LogP contribution in [0.15, 0.2) is 95.2 Å². The standard InChI is InChI=1S/C44H40N4O10S/c45-25-26-1-12-32(13-2-26)47-48-44-46-38-37(58-43(54)31-9-7-30(8-10-31)42(53)57-36-20-16-34(50)17-21-36)22-11-27(39(38)59-44)23-24-55-40(51)28-3-5-29(6-4-28)41(52)56-35-18-14-33(49)15-19-35/h1-2,11-22,28-31,49-50H,3-10,23-24H2/b48-47+. The Hall–Kier alpha value is -6.66. The van der Waals surface area contributed by atoms with Crippen LogP contribution in [-0.2, 0) is 30.3 Å². The van der Waals surface area contributed by atoms with Crippen LogP contribution in [0, 0.1) is 35.0 Å². The summed E-state index contributed by atoms with van der Waals surface area (Å²) in [5, 5.41) is 37.0. The Morgan fingerprint density at radius 1 is 0.644 bits per heavy atom. The van der Waals surface area contributed by atoms with Crippen molar-refractivity contribution in [3.05, 3.63) is 96.1 Å². The first-order chi connectivity index (χ1) is 28.6. The molecule has 5 aromatic rings. The number of hydrogen-bond donors (Lipinski definition) is 2. The van der Waals surface area contributed by atoms with Gasteiger partial charge in [-0.05, 0) is 136 Å². The van der Waals surface area contributed by atoms with Crippen LogP contribution in [0.25, 0.3) is 10.2 Å². The molecule has 2 aliphatic carbocycles. The molecule has 4 aromatic carbocycles. The predicted octanol–water partition coefficient (Wildman–Crippen LogP) is 8.81. The van der Waals surface area contributed by atoms with Gasteiger partial charge in [0.1, 0.15) is 28.5 Å². The lowest BCUT2D eigenvalue weighted by Gasteiger charge is -2.26. The van der Waals surface area contributed by atoms with Gasteiger partial charge in [-0.3, -0.25) is 19.2 Å². The lowest BCUT2D eigenvalue weighted by Crippen LogP contribution is -2.30. The van der Waals surface area contributed by atoms with Gasteiger partial charge in [0.15, 0.2) is 5.75 Å².